The lowest BCUT2D eigenvalue weighted by atomic mass is 10.0. The van der Waals surface area contributed by atoms with Crippen LogP contribution in [0.25, 0.3) is 0 Å². The molecule has 5 rings (SSSR count). The van der Waals surface area contributed by atoms with Crippen LogP contribution < -0.4 is 9.62 Å². The number of anilines is 1. The van der Waals surface area contributed by atoms with Crippen molar-refractivity contribution >= 4 is 27.5 Å². The van der Waals surface area contributed by atoms with Gasteiger partial charge in [0.05, 0.1) is 10.6 Å². The van der Waals surface area contributed by atoms with Gasteiger partial charge in [0, 0.05) is 19.0 Å². The molecule has 0 aromatic heterocycles. The number of hydrogen-bond acceptors (Lipinski definition) is 4. The lowest BCUT2D eigenvalue weighted by Crippen LogP contribution is -2.54. The normalized spacial score (nSPS) is 14.1. The van der Waals surface area contributed by atoms with Crippen molar-refractivity contribution in [3.8, 4) is 0 Å². The van der Waals surface area contributed by atoms with Gasteiger partial charge in [-0.15, -0.1) is 0 Å². The molecule has 0 saturated heterocycles. The summed E-state index contributed by atoms with van der Waals surface area (Å²) in [6.07, 6.45) is 3.86. The number of benzene rings is 4. The Labute approximate surface area is 262 Å². The Bertz CT molecular complexity index is 1680. The average molecular weight is 632 g/mol. The molecule has 1 fully saturated rings. The zero-order chi connectivity index (χ0) is 31.8. The highest BCUT2D eigenvalue weighted by molar-refractivity contribution is 7.92. The Morgan fingerprint density at radius 2 is 1.31 bits per heavy atom. The van der Waals surface area contributed by atoms with Gasteiger partial charge in [-0.2, -0.15) is 0 Å². The predicted molar refractivity (Wildman–Crippen MR) is 169 cm³/mol. The average Bonchev–Trinajstić information content (AvgIpc) is 3.56. The Kier molecular flexibility index (Phi) is 10.2. The molecular formula is C35H35F2N3O4S. The Balaban J connectivity index is 1.54. The molecule has 45 heavy (non-hydrogen) atoms. The van der Waals surface area contributed by atoms with Crippen LogP contribution >= 0.6 is 0 Å². The van der Waals surface area contributed by atoms with Crippen LogP contribution in [0.2, 0.25) is 0 Å². The number of hydrogen-bond donors (Lipinski definition) is 1. The molecule has 1 saturated carbocycles. The summed E-state index contributed by atoms with van der Waals surface area (Å²) in [4.78, 5) is 29.6. The van der Waals surface area contributed by atoms with Gasteiger partial charge in [0.1, 0.15) is 24.2 Å². The molecule has 0 bridgehead atoms. The third kappa shape index (κ3) is 8.13. The minimum atomic E-state index is -4.33. The molecular weight excluding hydrogens is 596 g/mol. The zero-order valence-electron chi connectivity index (χ0n) is 24.7. The van der Waals surface area contributed by atoms with Crippen molar-refractivity contribution in [1.82, 2.24) is 10.2 Å². The van der Waals surface area contributed by atoms with Gasteiger partial charge in [-0.25, -0.2) is 17.2 Å². The molecule has 1 aliphatic rings. The van der Waals surface area contributed by atoms with E-state index >= 15 is 0 Å². The van der Waals surface area contributed by atoms with Crippen molar-refractivity contribution in [3.05, 3.63) is 132 Å². The molecule has 0 spiro atoms. The summed E-state index contributed by atoms with van der Waals surface area (Å²) in [5.74, 6) is -2.01. The van der Waals surface area contributed by atoms with Crippen LogP contribution in [0.4, 0.5) is 14.5 Å². The zero-order valence-corrected chi connectivity index (χ0v) is 25.5. The first-order chi connectivity index (χ1) is 21.7. The summed E-state index contributed by atoms with van der Waals surface area (Å²) in [7, 11) is -4.33. The SMILES string of the molecule is O=C(NC1CCCC1)C(Cc1ccccc1)N(Cc1ccc(F)cc1)C(=O)CN(c1ccccc1)S(=O)(=O)c1ccc(F)cc1. The molecule has 7 nitrogen and oxygen atoms in total. The van der Waals surface area contributed by atoms with E-state index in [9.17, 15) is 26.8 Å². The van der Waals surface area contributed by atoms with Crippen LogP contribution in [0.1, 0.15) is 36.8 Å². The predicted octanol–water partition coefficient (Wildman–Crippen LogP) is 5.86. The second kappa shape index (κ2) is 14.5. The van der Waals surface area contributed by atoms with Crippen molar-refractivity contribution in [2.75, 3.05) is 10.8 Å². The van der Waals surface area contributed by atoms with Crippen molar-refractivity contribution < 1.29 is 26.8 Å². The van der Waals surface area contributed by atoms with Crippen LogP contribution in [0.15, 0.2) is 114 Å². The first-order valence-corrected chi connectivity index (χ1v) is 16.4. The van der Waals surface area contributed by atoms with E-state index < -0.39 is 40.2 Å². The maximum atomic E-state index is 14.4. The topological polar surface area (TPSA) is 86.8 Å². The fourth-order valence-electron chi connectivity index (χ4n) is 5.56. The molecule has 4 aromatic rings. The van der Waals surface area contributed by atoms with E-state index in [0.29, 0.717) is 5.56 Å². The molecule has 0 aliphatic heterocycles. The standard InChI is InChI=1S/C35H35F2N3O4S/c36-28-17-15-27(16-18-28)24-39(33(23-26-9-3-1-4-10-26)35(42)38-30-11-7-8-12-30)34(41)25-40(31-13-5-2-6-14-31)45(43,44)32-21-19-29(37)20-22-32/h1-6,9-10,13-22,30,33H,7-8,11-12,23-25H2,(H,38,42). The van der Waals surface area contributed by atoms with Gasteiger partial charge in [-0.05, 0) is 72.5 Å². The lowest BCUT2D eigenvalue weighted by Gasteiger charge is -2.34. The second-order valence-electron chi connectivity index (χ2n) is 11.1. The summed E-state index contributed by atoms with van der Waals surface area (Å²) < 4.78 is 56.4. The number of para-hydroxylation sites is 1. The maximum Gasteiger partial charge on any atom is 0.264 e. The number of sulfonamides is 1. The highest BCUT2D eigenvalue weighted by Gasteiger charge is 2.35. The van der Waals surface area contributed by atoms with Gasteiger partial charge in [0.2, 0.25) is 11.8 Å². The first kappa shape index (κ1) is 31.8. The van der Waals surface area contributed by atoms with E-state index in [-0.39, 0.29) is 35.5 Å². The third-order valence-corrected chi connectivity index (χ3v) is 9.75. The third-order valence-electron chi connectivity index (χ3n) is 7.96. The summed E-state index contributed by atoms with van der Waals surface area (Å²) in [6.45, 7) is -0.694. The summed E-state index contributed by atoms with van der Waals surface area (Å²) >= 11 is 0. The van der Waals surface area contributed by atoms with E-state index in [2.05, 4.69) is 5.32 Å². The van der Waals surface area contributed by atoms with Gasteiger partial charge in [0.15, 0.2) is 0 Å². The second-order valence-corrected chi connectivity index (χ2v) is 13.0. The van der Waals surface area contributed by atoms with Crippen molar-refractivity contribution in [1.29, 1.82) is 0 Å². The van der Waals surface area contributed by atoms with Gasteiger partial charge >= 0.3 is 0 Å². The van der Waals surface area contributed by atoms with E-state index in [0.717, 1.165) is 59.8 Å². The summed E-state index contributed by atoms with van der Waals surface area (Å²) in [6, 6.07) is 26.4. The highest BCUT2D eigenvalue weighted by Crippen LogP contribution is 2.26. The van der Waals surface area contributed by atoms with Crippen molar-refractivity contribution in [2.24, 2.45) is 0 Å². The van der Waals surface area contributed by atoms with Crippen molar-refractivity contribution in [3.63, 3.8) is 0 Å². The summed E-state index contributed by atoms with van der Waals surface area (Å²) in [5.41, 5.74) is 1.62. The minimum absolute atomic E-state index is 0.0155. The maximum absolute atomic E-state index is 14.4. The molecule has 10 heteroatoms. The number of nitrogens with one attached hydrogen (secondary N) is 1. The monoisotopic (exact) mass is 631 g/mol. The van der Waals surface area contributed by atoms with Crippen LogP contribution in [0, 0.1) is 11.6 Å². The number of rotatable bonds is 12. The molecule has 2 amide bonds. The van der Waals surface area contributed by atoms with Gasteiger partial charge in [-0.1, -0.05) is 73.5 Å². The Morgan fingerprint density at radius 3 is 1.91 bits per heavy atom. The minimum Gasteiger partial charge on any atom is -0.352 e. The summed E-state index contributed by atoms with van der Waals surface area (Å²) in [5, 5.41) is 3.12. The van der Waals surface area contributed by atoms with Crippen LogP contribution in [-0.2, 0) is 32.6 Å². The number of carbonyl (C=O) groups is 2. The molecule has 1 aliphatic carbocycles. The van der Waals surface area contributed by atoms with E-state index in [1.54, 1.807) is 30.3 Å². The molecule has 4 aromatic carbocycles. The van der Waals surface area contributed by atoms with Gasteiger partial charge < -0.3 is 10.2 Å². The van der Waals surface area contributed by atoms with E-state index in [1.165, 1.54) is 29.2 Å². The van der Waals surface area contributed by atoms with Crippen LogP contribution in [0.3, 0.4) is 0 Å². The van der Waals surface area contributed by atoms with Crippen LogP contribution in [-0.4, -0.2) is 43.8 Å². The highest BCUT2D eigenvalue weighted by atomic mass is 32.2. The number of carbonyl (C=O) groups excluding carboxylic acids is 2. The fourth-order valence-corrected chi connectivity index (χ4v) is 6.98. The van der Waals surface area contributed by atoms with Crippen molar-refractivity contribution in [2.45, 2.75) is 55.6 Å². The Hall–Kier alpha value is -4.57. The molecule has 0 radical (unpaired) electrons. The van der Waals surface area contributed by atoms with Crippen LogP contribution in [0.5, 0.6) is 0 Å². The van der Waals surface area contributed by atoms with Gasteiger partial charge in [0.25, 0.3) is 10.0 Å². The van der Waals surface area contributed by atoms with E-state index in [4.69, 9.17) is 0 Å². The number of nitrogens with zero attached hydrogens (tertiary/aromatic N) is 2. The van der Waals surface area contributed by atoms with E-state index in [1.807, 2.05) is 30.3 Å². The molecule has 1 atom stereocenters. The molecule has 1 N–H and O–H groups in total. The molecule has 234 valence electrons. The lowest BCUT2D eigenvalue weighted by molar-refractivity contribution is -0.140. The fraction of sp³-hybridized carbons (Fsp3) is 0.257. The smallest absolute Gasteiger partial charge is 0.264 e. The first-order valence-electron chi connectivity index (χ1n) is 14.9. The Morgan fingerprint density at radius 1 is 0.756 bits per heavy atom. The number of halogens is 2. The number of amides is 2. The van der Waals surface area contributed by atoms with Gasteiger partial charge in [-0.3, -0.25) is 13.9 Å². The quantitative estimate of drug-likeness (QED) is 0.212. The molecule has 1 unspecified atom stereocenters. The molecule has 0 heterocycles. The largest absolute Gasteiger partial charge is 0.352 e.